The fourth-order valence-corrected chi connectivity index (χ4v) is 3.15. The van der Waals surface area contributed by atoms with Crippen molar-refractivity contribution >= 4 is 11.8 Å². The molecule has 5 nitrogen and oxygen atoms in total. The molecule has 0 unspecified atom stereocenters. The molecule has 118 valence electrons. The molecular weight excluding hydrogens is 280 g/mol. The summed E-state index contributed by atoms with van der Waals surface area (Å²) < 4.78 is 5.74. The summed E-state index contributed by atoms with van der Waals surface area (Å²) in [6.45, 7) is 2.37. The topological polar surface area (TPSA) is 58.6 Å². The highest BCUT2D eigenvalue weighted by Crippen LogP contribution is 2.26. The molecule has 2 aliphatic heterocycles. The van der Waals surface area contributed by atoms with Crippen LogP contribution in [0.2, 0.25) is 0 Å². The van der Waals surface area contributed by atoms with Crippen LogP contribution in [-0.4, -0.2) is 43.0 Å². The molecule has 5 heteroatoms. The zero-order valence-electron chi connectivity index (χ0n) is 12.7. The molecule has 1 aromatic rings. The zero-order valence-corrected chi connectivity index (χ0v) is 12.7. The van der Waals surface area contributed by atoms with E-state index in [1.54, 1.807) is 4.90 Å². The van der Waals surface area contributed by atoms with Gasteiger partial charge in [0.1, 0.15) is 6.10 Å². The van der Waals surface area contributed by atoms with Crippen LogP contribution in [0.25, 0.3) is 0 Å². The van der Waals surface area contributed by atoms with Gasteiger partial charge in [-0.1, -0.05) is 24.3 Å². The van der Waals surface area contributed by atoms with Crippen molar-refractivity contribution in [1.29, 1.82) is 0 Å². The second-order valence-corrected chi connectivity index (χ2v) is 5.87. The predicted molar refractivity (Wildman–Crippen MR) is 82.3 cm³/mol. The normalized spacial score (nSPS) is 21.1. The third-order valence-electron chi connectivity index (χ3n) is 4.38. The summed E-state index contributed by atoms with van der Waals surface area (Å²) in [5, 5.41) is 2.74. The second kappa shape index (κ2) is 6.92. The first kappa shape index (κ1) is 15.0. The SMILES string of the molecule is O=C(NC[C@H]1OCCc2ccccc21)C(=O)N1CCCCC1. The van der Waals surface area contributed by atoms with E-state index in [1.165, 1.54) is 5.56 Å². The maximum atomic E-state index is 12.1. The number of hydrogen-bond donors (Lipinski definition) is 1. The van der Waals surface area contributed by atoms with Crippen LogP contribution in [0.15, 0.2) is 24.3 Å². The lowest BCUT2D eigenvalue weighted by atomic mass is 9.97. The fraction of sp³-hybridized carbons (Fsp3) is 0.529. The van der Waals surface area contributed by atoms with E-state index in [2.05, 4.69) is 11.4 Å². The van der Waals surface area contributed by atoms with E-state index in [0.717, 1.165) is 31.2 Å². The van der Waals surface area contributed by atoms with Crippen LogP contribution in [0.3, 0.4) is 0 Å². The standard InChI is InChI=1S/C17H22N2O3/c20-16(17(21)19-9-4-1-5-10-19)18-12-15-14-7-3-2-6-13(14)8-11-22-15/h2-3,6-7,15H,1,4-5,8-12H2,(H,18,20)/t15-/m1/s1. The van der Waals surface area contributed by atoms with Gasteiger partial charge in [-0.3, -0.25) is 9.59 Å². The highest BCUT2D eigenvalue weighted by Gasteiger charge is 2.25. The Hall–Kier alpha value is -1.88. The molecule has 0 spiro atoms. The van der Waals surface area contributed by atoms with E-state index in [1.807, 2.05) is 18.2 Å². The minimum atomic E-state index is -0.520. The van der Waals surface area contributed by atoms with Crippen LogP contribution in [0.1, 0.15) is 36.5 Å². The number of fused-ring (bicyclic) bond motifs is 1. The van der Waals surface area contributed by atoms with E-state index >= 15 is 0 Å². The summed E-state index contributed by atoms with van der Waals surface area (Å²) in [7, 11) is 0. The van der Waals surface area contributed by atoms with Crippen molar-refractivity contribution < 1.29 is 14.3 Å². The Bertz CT molecular complexity index is 553. The number of carbonyl (C=O) groups excluding carboxylic acids is 2. The molecule has 22 heavy (non-hydrogen) atoms. The van der Waals surface area contributed by atoms with Crippen molar-refractivity contribution in [2.75, 3.05) is 26.2 Å². The van der Waals surface area contributed by atoms with E-state index in [9.17, 15) is 9.59 Å². The van der Waals surface area contributed by atoms with Crippen molar-refractivity contribution in [3.63, 3.8) is 0 Å². The third-order valence-corrected chi connectivity index (χ3v) is 4.38. The van der Waals surface area contributed by atoms with Crippen LogP contribution in [0, 0.1) is 0 Å². The second-order valence-electron chi connectivity index (χ2n) is 5.87. The van der Waals surface area contributed by atoms with Gasteiger partial charge in [0.25, 0.3) is 0 Å². The van der Waals surface area contributed by atoms with E-state index < -0.39 is 11.8 Å². The van der Waals surface area contributed by atoms with Crippen LogP contribution in [-0.2, 0) is 20.7 Å². The average Bonchev–Trinajstić information content (AvgIpc) is 2.59. The predicted octanol–water partition coefficient (Wildman–Crippen LogP) is 1.43. The van der Waals surface area contributed by atoms with Crippen LogP contribution < -0.4 is 5.32 Å². The number of carbonyl (C=O) groups is 2. The maximum absolute atomic E-state index is 12.1. The highest BCUT2D eigenvalue weighted by molar-refractivity contribution is 6.35. The number of rotatable bonds is 2. The summed E-state index contributed by atoms with van der Waals surface area (Å²) in [6.07, 6.45) is 3.84. The average molecular weight is 302 g/mol. The number of benzene rings is 1. The number of piperidine rings is 1. The Morgan fingerprint density at radius 1 is 1.18 bits per heavy atom. The van der Waals surface area contributed by atoms with Gasteiger partial charge in [0, 0.05) is 19.6 Å². The van der Waals surface area contributed by atoms with Crippen molar-refractivity contribution in [2.45, 2.75) is 31.8 Å². The minimum absolute atomic E-state index is 0.164. The van der Waals surface area contributed by atoms with Crippen LogP contribution in [0.5, 0.6) is 0 Å². The summed E-state index contributed by atoms with van der Waals surface area (Å²) in [6, 6.07) is 8.10. The Balaban J connectivity index is 1.56. The number of amides is 2. The van der Waals surface area contributed by atoms with Gasteiger partial charge in [0.05, 0.1) is 6.61 Å². The van der Waals surface area contributed by atoms with Crippen molar-refractivity contribution in [1.82, 2.24) is 10.2 Å². The minimum Gasteiger partial charge on any atom is -0.371 e. The molecule has 0 radical (unpaired) electrons. The van der Waals surface area contributed by atoms with Gasteiger partial charge in [-0.25, -0.2) is 0 Å². The molecule has 0 saturated carbocycles. The van der Waals surface area contributed by atoms with Gasteiger partial charge in [0.2, 0.25) is 0 Å². The first-order valence-corrected chi connectivity index (χ1v) is 8.02. The van der Waals surface area contributed by atoms with E-state index in [0.29, 0.717) is 26.2 Å². The molecule has 0 bridgehead atoms. The Kier molecular flexibility index (Phi) is 4.73. The molecule has 1 fully saturated rings. The smallest absolute Gasteiger partial charge is 0.311 e. The highest BCUT2D eigenvalue weighted by atomic mass is 16.5. The zero-order chi connectivity index (χ0) is 15.4. The Labute approximate surface area is 130 Å². The number of nitrogens with one attached hydrogen (secondary N) is 1. The first-order chi connectivity index (χ1) is 10.8. The van der Waals surface area contributed by atoms with Crippen molar-refractivity contribution in [3.8, 4) is 0 Å². The van der Waals surface area contributed by atoms with Gasteiger partial charge >= 0.3 is 11.8 Å². The summed E-state index contributed by atoms with van der Waals surface area (Å²) in [5.74, 6) is -0.933. The maximum Gasteiger partial charge on any atom is 0.311 e. The van der Waals surface area contributed by atoms with Crippen molar-refractivity contribution in [2.24, 2.45) is 0 Å². The molecule has 1 N–H and O–H groups in total. The lowest BCUT2D eigenvalue weighted by Gasteiger charge is -2.28. The molecule has 3 rings (SSSR count). The summed E-state index contributed by atoms with van der Waals surface area (Å²) >= 11 is 0. The quantitative estimate of drug-likeness (QED) is 0.841. The third kappa shape index (κ3) is 3.30. The number of hydrogen-bond acceptors (Lipinski definition) is 3. The number of nitrogens with zero attached hydrogens (tertiary/aromatic N) is 1. The van der Waals surface area contributed by atoms with Gasteiger partial charge in [-0.15, -0.1) is 0 Å². The summed E-state index contributed by atoms with van der Waals surface area (Å²) in [4.78, 5) is 25.8. The van der Waals surface area contributed by atoms with Gasteiger partial charge in [-0.2, -0.15) is 0 Å². The molecule has 2 heterocycles. The van der Waals surface area contributed by atoms with E-state index in [4.69, 9.17) is 4.74 Å². The molecular formula is C17H22N2O3. The van der Waals surface area contributed by atoms with Gasteiger partial charge < -0.3 is 15.0 Å². The molecule has 2 amide bonds. The molecule has 2 aliphatic rings. The monoisotopic (exact) mass is 302 g/mol. The largest absolute Gasteiger partial charge is 0.371 e. The van der Waals surface area contributed by atoms with Crippen molar-refractivity contribution in [3.05, 3.63) is 35.4 Å². The lowest BCUT2D eigenvalue weighted by Crippen LogP contribution is -2.46. The van der Waals surface area contributed by atoms with Gasteiger partial charge in [-0.05, 0) is 36.8 Å². The van der Waals surface area contributed by atoms with E-state index in [-0.39, 0.29) is 6.10 Å². The van der Waals surface area contributed by atoms with Crippen LogP contribution >= 0.6 is 0 Å². The lowest BCUT2D eigenvalue weighted by molar-refractivity contribution is -0.146. The van der Waals surface area contributed by atoms with Gasteiger partial charge in [0.15, 0.2) is 0 Å². The number of likely N-dealkylation sites (tertiary alicyclic amines) is 1. The van der Waals surface area contributed by atoms with Crippen LogP contribution in [0.4, 0.5) is 0 Å². The first-order valence-electron chi connectivity index (χ1n) is 8.02. The Morgan fingerprint density at radius 2 is 1.95 bits per heavy atom. The fourth-order valence-electron chi connectivity index (χ4n) is 3.15. The molecule has 1 saturated heterocycles. The Morgan fingerprint density at radius 3 is 2.77 bits per heavy atom. The molecule has 1 aromatic carbocycles. The summed E-state index contributed by atoms with van der Waals surface area (Å²) in [5.41, 5.74) is 2.37. The molecule has 0 aliphatic carbocycles. The number of ether oxygens (including phenoxy) is 1. The molecule has 0 aromatic heterocycles. The molecule has 1 atom stereocenters.